The van der Waals surface area contributed by atoms with Crippen molar-refractivity contribution >= 4 is 22.6 Å². The summed E-state index contributed by atoms with van der Waals surface area (Å²) in [5.41, 5.74) is 8.43. The molecule has 0 bridgehead atoms. The first kappa shape index (κ1) is 8.68. The maximum absolute atomic E-state index is 8.97. The lowest BCUT2D eigenvalue weighted by Crippen LogP contribution is -2.01. The molecule has 1 aromatic carbocycles. The van der Waals surface area contributed by atoms with Gasteiger partial charge in [-0.25, -0.2) is 9.97 Å². The monoisotopic (exact) mass is 209 g/mol. The maximum Gasteiger partial charge on any atom is 0.206 e. The normalized spacial score (nSPS) is 10.7. The molecule has 3 aromatic rings. The van der Waals surface area contributed by atoms with Gasteiger partial charge in [0.2, 0.25) is 5.95 Å². The zero-order valence-electron chi connectivity index (χ0n) is 8.25. The Balaban J connectivity index is 2.64. The largest absolute Gasteiger partial charge is 0.369 e. The highest BCUT2D eigenvalue weighted by molar-refractivity contribution is 5.83. The number of nitrogens with zero attached hydrogens (tertiary/aromatic N) is 4. The summed E-state index contributed by atoms with van der Waals surface area (Å²) in [5.74, 6) is 0.336. The number of nitriles is 1. The third-order valence-electron chi connectivity index (χ3n) is 2.48. The Morgan fingerprint density at radius 2 is 2.12 bits per heavy atom. The second-order valence-corrected chi connectivity index (χ2v) is 3.40. The molecule has 0 radical (unpaired) electrons. The van der Waals surface area contributed by atoms with Crippen LogP contribution in [0.2, 0.25) is 0 Å². The van der Waals surface area contributed by atoms with Crippen LogP contribution in [0.25, 0.3) is 16.7 Å². The summed E-state index contributed by atoms with van der Waals surface area (Å²) in [6, 6.07) is 9.62. The molecule has 3 rings (SSSR count). The highest BCUT2D eigenvalue weighted by Crippen LogP contribution is 2.20. The number of hydrogen-bond acceptors (Lipinski definition) is 4. The van der Waals surface area contributed by atoms with Gasteiger partial charge in [0.1, 0.15) is 11.6 Å². The fourth-order valence-corrected chi connectivity index (χ4v) is 1.76. The molecule has 2 N–H and O–H groups in total. The van der Waals surface area contributed by atoms with Gasteiger partial charge >= 0.3 is 0 Å². The van der Waals surface area contributed by atoms with E-state index in [9.17, 15) is 0 Å². The fraction of sp³-hybridized carbons (Fsp3) is 0. The van der Waals surface area contributed by atoms with Crippen LogP contribution in [0.15, 0.2) is 30.5 Å². The van der Waals surface area contributed by atoms with E-state index in [0.29, 0.717) is 17.2 Å². The van der Waals surface area contributed by atoms with Gasteiger partial charge in [-0.3, -0.25) is 4.40 Å². The van der Waals surface area contributed by atoms with E-state index in [1.807, 2.05) is 24.3 Å². The number of rotatable bonds is 0. The molecule has 16 heavy (non-hydrogen) atoms. The van der Waals surface area contributed by atoms with E-state index in [-0.39, 0.29) is 0 Å². The van der Waals surface area contributed by atoms with Crippen LogP contribution in [-0.4, -0.2) is 14.4 Å². The van der Waals surface area contributed by atoms with Gasteiger partial charge in [0.25, 0.3) is 0 Å². The van der Waals surface area contributed by atoms with Crippen LogP contribution in [0.3, 0.4) is 0 Å². The third-order valence-corrected chi connectivity index (χ3v) is 2.48. The van der Waals surface area contributed by atoms with Crippen molar-refractivity contribution in [2.75, 3.05) is 5.73 Å². The van der Waals surface area contributed by atoms with Crippen LogP contribution >= 0.6 is 0 Å². The summed E-state index contributed by atoms with van der Waals surface area (Å²) < 4.78 is 1.69. The smallest absolute Gasteiger partial charge is 0.206 e. The van der Waals surface area contributed by atoms with Gasteiger partial charge in [-0.2, -0.15) is 5.26 Å². The van der Waals surface area contributed by atoms with Crippen molar-refractivity contribution in [1.29, 1.82) is 5.26 Å². The minimum atomic E-state index is 0.336. The molecule has 0 saturated heterocycles. The number of hydrogen-bond donors (Lipinski definition) is 1. The number of aromatic nitrogens is 3. The Kier molecular flexibility index (Phi) is 1.59. The zero-order chi connectivity index (χ0) is 11.1. The number of anilines is 1. The summed E-state index contributed by atoms with van der Waals surface area (Å²) in [6.07, 6.45) is 1.44. The first-order valence-electron chi connectivity index (χ1n) is 4.73. The molecule has 2 heterocycles. The standard InChI is InChI=1S/C11H7N5/c12-5-7-6-14-11(13)16-9-4-2-1-3-8(9)15-10(7)16/h1-4,6H,(H2,13,14). The van der Waals surface area contributed by atoms with Gasteiger partial charge in [-0.05, 0) is 12.1 Å². The van der Waals surface area contributed by atoms with Gasteiger partial charge < -0.3 is 5.73 Å². The van der Waals surface area contributed by atoms with Crippen molar-refractivity contribution in [1.82, 2.24) is 14.4 Å². The van der Waals surface area contributed by atoms with Crippen LogP contribution in [0.4, 0.5) is 5.95 Å². The average molecular weight is 209 g/mol. The maximum atomic E-state index is 8.97. The van der Waals surface area contributed by atoms with Crippen molar-refractivity contribution in [2.24, 2.45) is 0 Å². The topological polar surface area (TPSA) is 80.0 Å². The number of nitrogen functional groups attached to an aromatic ring is 1. The van der Waals surface area contributed by atoms with E-state index in [4.69, 9.17) is 11.0 Å². The summed E-state index contributed by atoms with van der Waals surface area (Å²) in [5, 5.41) is 8.97. The Hall–Kier alpha value is -2.61. The van der Waals surface area contributed by atoms with Crippen molar-refractivity contribution in [3.63, 3.8) is 0 Å². The van der Waals surface area contributed by atoms with E-state index in [1.165, 1.54) is 6.20 Å². The minimum Gasteiger partial charge on any atom is -0.369 e. The van der Waals surface area contributed by atoms with Crippen LogP contribution in [0.5, 0.6) is 0 Å². The van der Waals surface area contributed by atoms with E-state index in [0.717, 1.165) is 11.0 Å². The van der Waals surface area contributed by atoms with Crippen LogP contribution in [-0.2, 0) is 0 Å². The van der Waals surface area contributed by atoms with Crippen LogP contribution < -0.4 is 5.73 Å². The summed E-state index contributed by atoms with van der Waals surface area (Å²) in [4.78, 5) is 8.35. The van der Waals surface area contributed by atoms with Crippen molar-refractivity contribution in [3.8, 4) is 6.07 Å². The first-order chi connectivity index (χ1) is 7.81. The van der Waals surface area contributed by atoms with Crippen molar-refractivity contribution in [3.05, 3.63) is 36.0 Å². The van der Waals surface area contributed by atoms with E-state index in [2.05, 4.69) is 16.0 Å². The number of para-hydroxylation sites is 2. The molecular formula is C11H7N5. The molecule has 0 amide bonds. The number of benzene rings is 1. The van der Waals surface area contributed by atoms with Crippen molar-refractivity contribution < 1.29 is 0 Å². The van der Waals surface area contributed by atoms with E-state index < -0.39 is 0 Å². The molecule has 0 fully saturated rings. The Bertz CT molecular complexity index is 735. The van der Waals surface area contributed by atoms with Gasteiger partial charge in [-0.15, -0.1) is 0 Å². The first-order valence-corrected chi connectivity index (χ1v) is 4.73. The highest BCUT2D eigenvalue weighted by atomic mass is 15.1. The average Bonchev–Trinajstić information content (AvgIpc) is 2.69. The Labute approximate surface area is 90.8 Å². The van der Waals surface area contributed by atoms with Crippen molar-refractivity contribution in [2.45, 2.75) is 0 Å². The van der Waals surface area contributed by atoms with E-state index >= 15 is 0 Å². The Morgan fingerprint density at radius 3 is 2.94 bits per heavy atom. The minimum absolute atomic E-state index is 0.336. The summed E-state index contributed by atoms with van der Waals surface area (Å²) in [6.45, 7) is 0. The number of nitrogens with two attached hydrogens (primary N) is 1. The quantitative estimate of drug-likeness (QED) is 0.605. The predicted molar refractivity (Wildman–Crippen MR) is 59.6 cm³/mol. The molecular weight excluding hydrogens is 202 g/mol. The number of imidazole rings is 1. The molecule has 5 nitrogen and oxygen atoms in total. The second-order valence-electron chi connectivity index (χ2n) is 3.40. The summed E-state index contributed by atoms with van der Waals surface area (Å²) in [7, 11) is 0. The van der Waals surface area contributed by atoms with E-state index in [1.54, 1.807) is 4.40 Å². The molecule has 76 valence electrons. The second kappa shape index (κ2) is 2.94. The molecule has 0 spiro atoms. The summed E-state index contributed by atoms with van der Waals surface area (Å²) >= 11 is 0. The molecule has 0 aliphatic rings. The van der Waals surface area contributed by atoms with Gasteiger partial charge in [0, 0.05) is 0 Å². The van der Waals surface area contributed by atoms with Gasteiger partial charge in [0.15, 0.2) is 5.65 Å². The lowest BCUT2D eigenvalue weighted by atomic mass is 10.3. The fourth-order valence-electron chi connectivity index (χ4n) is 1.76. The molecule has 5 heteroatoms. The van der Waals surface area contributed by atoms with Gasteiger partial charge in [-0.1, -0.05) is 12.1 Å². The SMILES string of the molecule is N#Cc1cnc(N)n2c1nc1ccccc12. The lowest BCUT2D eigenvalue weighted by Gasteiger charge is -1.99. The Morgan fingerprint density at radius 1 is 1.31 bits per heavy atom. The zero-order valence-corrected chi connectivity index (χ0v) is 8.25. The molecule has 0 saturated carbocycles. The molecule has 0 unspecified atom stereocenters. The highest BCUT2D eigenvalue weighted by Gasteiger charge is 2.10. The predicted octanol–water partition coefficient (Wildman–Crippen LogP) is 1.34. The number of fused-ring (bicyclic) bond motifs is 3. The van der Waals surface area contributed by atoms with Gasteiger partial charge in [0.05, 0.1) is 17.2 Å². The molecule has 2 aromatic heterocycles. The lowest BCUT2D eigenvalue weighted by molar-refractivity contribution is 1.12. The molecule has 0 aliphatic carbocycles. The van der Waals surface area contributed by atoms with Crippen LogP contribution in [0.1, 0.15) is 5.56 Å². The molecule has 0 aliphatic heterocycles. The molecule has 0 atom stereocenters. The third kappa shape index (κ3) is 0.982. The van der Waals surface area contributed by atoms with Crippen LogP contribution in [0, 0.1) is 11.3 Å².